The maximum Gasteiger partial charge on any atom is 0.356 e. The van der Waals surface area contributed by atoms with E-state index in [1.54, 1.807) is 22.9 Å². The zero-order valence-electron chi connectivity index (χ0n) is 21.2. The van der Waals surface area contributed by atoms with Gasteiger partial charge in [-0.3, -0.25) is 4.90 Å². The molecule has 0 amide bonds. The van der Waals surface area contributed by atoms with Gasteiger partial charge < -0.3 is 19.1 Å². The quantitative estimate of drug-likeness (QED) is 0.505. The summed E-state index contributed by atoms with van der Waals surface area (Å²) < 4.78 is 32.1. The molecule has 0 bridgehead atoms. The molecular formula is C26H32FN5O4. The van der Waals surface area contributed by atoms with E-state index in [2.05, 4.69) is 28.6 Å². The van der Waals surface area contributed by atoms with Crippen molar-refractivity contribution < 1.29 is 23.4 Å². The molecule has 5 rings (SSSR count). The molecule has 0 radical (unpaired) electrons. The van der Waals surface area contributed by atoms with Crippen molar-refractivity contribution >= 4 is 22.7 Å². The highest BCUT2D eigenvalue weighted by atomic mass is 19.1. The van der Waals surface area contributed by atoms with E-state index in [1.807, 2.05) is 7.05 Å². The van der Waals surface area contributed by atoms with Gasteiger partial charge in [-0.1, -0.05) is 13.8 Å². The smallest absolute Gasteiger partial charge is 0.356 e. The molecule has 1 spiro atoms. The van der Waals surface area contributed by atoms with Crippen LogP contribution in [0.3, 0.4) is 0 Å². The number of piperidine rings is 1. The average Bonchev–Trinajstić information content (AvgIpc) is 3.17. The molecule has 36 heavy (non-hydrogen) atoms. The number of halogens is 1. The summed E-state index contributed by atoms with van der Waals surface area (Å²) in [5.74, 6) is -0.747. The minimum atomic E-state index is -0.518. The number of carbonyl (C=O) groups is 1. The van der Waals surface area contributed by atoms with Gasteiger partial charge in [-0.05, 0) is 56.1 Å². The van der Waals surface area contributed by atoms with Gasteiger partial charge in [0, 0.05) is 19.6 Å². The molecule has 2 aliphatic rings. The van der Waals surface area contributed by atoms with Crippen LogP contribution in [-0.2, 0) is 14.2 Å². The number of methoxy groups -OCH3 is 1. The first kappa shape index (κ1) is 24.6. The molecule has 10 heteroatoms. The average molecular weight is 498 g/mol. The van der Waals surface area contributed by atoms with Crippen LogP contribution >= 0.6 is 0 Å². The maximum absolute atomic E-state index is 13.6. The van der Waals surface area contributed by atoms with Gasteiger partial charge >= 0.3 is 5.97 Å². The molecule has 0 saturated carbocycles. The van der Waals surface area contributed by atoms with Crippen LogP contribution in [0.15, 0.2) is 30.3 Å². The second kappa shape index (κ2) is 9.76. The van der Waals surface area contributed by atoms with E-state index in [0.29, 0.717) is 18.1 Å². The predicted octanol–water partition coefficient (Wildman–Crippen LogP) is 3.70. The first-order valence-corrected chi connectivity index (χ1v) is 12.2. The van der Waals surface area contributed by atoms with Crippen LogP contribution in [0, 0.1) is 5.82 Å². The molecule has 2 saturated heterocycles. The number of esters is 1. The zero-order valence-corrected chi connectivity index (χ0v) is 21.2. The molecule has 2 aromatic heterocycles. The lowest BCUT2D eigenvalue weighted by molar-refractivity contribution is -0.126. The fourth-order valence-electron chi connectivity index (χ4n) is 5.15. The highest BCUT2D eigenvalue weighted by molar-refractivity contribution is 5.99. The lowest BCUT2D eigenvalue weighted by atomic mass is 9.90. The van der Waals surface area contributed by atoms with Gasteiger partial charge in [-0.25, -0.2) is 18.9 Å². The summed E-state index contributed by atoms with van der Waals surface area (Å²) in [6, 6.07) is 7.90. The van der Waals surface area contributed by atoms with Gasteiger partial charge in [0.1, 0.15) is 19.3 Å². The summed E-state index contributed by atoms with van der Waals surface area (Å²) in [5.41, 5.74) is 2.91. The highest BCUT2D eigenvalue weighted by Crippen LogP contribution is 2.38. The number of hydrogen-bond acceptors (Lipinski definition) is 8. The van der Waals surface area contributed by atoms with Crippen LogP contribution in [0.2, 0.25) is 0 Å². The van der Waals surface area contributed by atoms with E-state index in [9.17, 15) is 9.18 Å². The Morgan fingerprint density at radius 2 is 1.92 bits per heavy atom. The topological polar surface area (TPSA) is 82.0 Å². The van der Waals surface area contributed by atoms with Crippen molar-refractivity contribution in [3.8, 4) is 5.69 Å². The largest absolute Gasteiger partial charge is 0.464 e. The number of benzene rings is 1. The van der Waals surface area contributed by atoms with Crippen LogP contribution in [0.4, 0.5) is 10.1 Å². The third kappa shape index (κ3) is 4.56. The van der Waals surface area contributed by atoms with E-state index in [1.165, 1.54) is 19.2 Å². The Morgan fingerprint density at radius 1 is 1.19 bits per heavy atom. The number of hydrogen-bond donors (Lipinski definition) is 0. The summed E-state index contributed by atoms with van der Waals surface area (Å²) in [4.78, 5) is 21.7. The highest BCUT2D eigenvalue weighted by Gasteiger charge is 2.39. The van der Waals surface area contributed by atoms with E-state index < -0.39 is 5.97 Å². The molecule has 2 fully saturated rings. The molecule has 2 aliphatic heterocycles. The van der Waals surface area contributed by atoms with Gasteiger partial charge in [0.15, 0.2) is 11.3 Å². The predicted molar refractivity (Wildman–Crippen MR) is 133 cm³/mol. The first-order chi connectivity index (χ1) is 17.3. The zero-order chi connectivity index (χ0) is 25.4. The minimum Gasteiger partial charge on any atom is -0.464 e. The fourth-order valence-corrected chi connectivity index (χ4v) is 5.15. The van der Waals surface area contributed by atoms with Crippen LogP contribution in [0.5, 0.6) is 0 Å². The van der Waals surface area contributed by atoms with Crippen LogP contribution in [0.1, 0.15) is 48.8 Å². The van der Waals surface area contributed by atoms with Crippen molar-refractivity contribution in [3.63, 3.8) is 0 Å². The first-order valence-electron chi connectivity index (χ1n) is 12.2. The monoisotopic (exact) mass is 497 g/mol. The van der Waals surface area contributed by atoms with E-state index >= 15 is 0 Å². The molecular weight excluding hydrogens is 465 g/mol. The lowest BCUT2D eigenvalue weighted by Gasteiger charge is -2.42. The number of nitrogens with zero attached hydrogens (tertiary/aromatic N) is 5. The summed E-state index contributed by atoms with van der Waals surface area (Å²) >= 11 is 0. The number of likely N-dealkylation sites (N-methyl/N-ethyl adjacent to an activating group) is 1. The summed E-state index contributed by atoms with van der Waals surface area (Å²) in [7, 11) is 3.38. The molecule has 0 aliphatic carbocycles. The SMILES string of the molecule is COC(=O)c1cc(N2CCC3(CC2)CN(C)COCO3)c2c(C(C)C)nn(-c3ccc(F)cc3)c2n1. The Balaban J connectivity index is 1.61. The Morgan fingerprint density at radius 3 is 2.58 bits per heavy atom. The van der Waals surface area contributed by atoms with Crippen molar-refractivity contribution in [2.45, 2.75) is 38.2 Å². The Labute approximate surface area is 209 Å². The number of rotatable bonds is 4. The minimum absolute atomic E-state index is 0.103. The van der Waals surface area contributed by atoms with Gasteiger partial charge in [0.2, 0.25) is 0 Å². The van der Waals surface area contributed by atoms with E-state index in [0.717, 1.165) is 49.2 Å². The number of anilines is 1. The van der Waals surface area contributed by atoms with E-state index in [4.69, 9.17) is 19.3 Å². The molecule has 0 N–H and O–H groups in total. The maximum atomic E-state index is 13.6. The molecule has 4 heterocycles. The number of fused-ring (bicyclic) bond motifs is 1. The molecule has 9 nitrogen and oxygen atoms in total. The van der Waals surface area contributed by atoms with Crippen molar-refractivity contribution in [1.82, 2.24) is 19.7 Å². The van der Waals surface area contributed by atoms with Crippen molar-refractivity contribution in [1.29, 1.82) is 0 Å². The molecule has 0 atom stereocenters. The summed E-state index contributed by atoms with van der Waals surface area (Å²) in [6.07, 6.45) is 1.64. The third-order valence-electron chi connectivity index (χ3n) is 6.99. The summed E-state index contributed by atoms with van der Waals surface area (Å²) in [6.45, 7) is 7.29. The molecule has 3 aromatic rings. The van der Waals surface area contributed by atoms with Gasteiger partial charge in [0.25, 0.3) is 0 Å². The van der Waals surface area contributed by atoms with Gasteiger partial charge in [0.05, 0.1) is 35.2 Å². The van der Waals surface area contributed by atoms with Crippen LogP contribution in [0.25, 0.3) is 16.7 Å². The number of ether oxygens (including phenoxy) is 3. The second-order valence-electron chi connectivity index (χ2n) is 9.92. The Hall–Kier alpha value is -3.08. The second-order valence-corrected chi connectivity index (χ2v) is 9.92. The standard InChI is InChI=1S/C26H32FN5O4/c1-17(2)23-22-21(31-11-9-26(10-12-31)14-30(3)15-35-16-36-26)13-20(25(33)34-4)28-24(22)32(29-23)19-7-5-18(27)6-8-19/h5-8,13,17H,9-12,14-16H2,1-4H3. The molecule has 0 unspecified atom stereocenters. The van der Waals surface area contributed by atoms with Gasteiger partial charge in [-0.15, -0.1) is 0 Å². The van der Waals surface area contributed by atoms with Crippen molar-refractivity contribution in [3.05, 3.63) is 47.5 Å². The normalized spacial score (nSPS) is 18.7. The number of pyridine rings is 1. The molecule has 1 aromatic carbocycles. The van der Waals surface area contributed by atoms with Crippen LogP contribution in [-0.4, -0.2) is 78.6 Å². The Bertz CT molecular complexity index is 1250. The number of carbonyl (C=O) groups excluding carboxylic acids is 1. The number of aromatic nitrogens is 3. The van der Waals surface area contributed by atoms with Crippen molar-refractivity contribution in [2.24, 2.45) is 0 Å². The van der Waals surface area contributed by atoms with E-state index in [-0.39, 0.29) is 29.8 Å². The fraction of sp³-hybridized carbons (Fsp3) is 0.500. The molecule has 192 valence electrons. The third-order valence-corrected chi connectivity index (χ3v) is 6.99. The van der Waals surface area contributed by atoms with Crippen molar-refractivity contribution in [2.75, 3.05) is 52.2 Å². The van der Waals surface area contributed by atoms with Crippen LogP contribution < -0.4 is 4.90 Å². The lowest BCUT2D eigenvalue weighted by Crippen LogP contribution is -2.51. The van der Waals surface area contributed by atoms with Gasteiger partial charge in [-0.2, -0.15) is 5.10 Å². The Kier molecular flexibility index (Phi) is 6.67. The summed E-state index contributed by atoms with van der Waals surface area (Å²) in [5, 5.41) is 5.77.